The first kappa shape index (κ1) is 20.1. The third kappa shape index (κ3) is 5.16. The summed E-state index contributed by atoms with van der Waals surface area (Å²) in [6.07, 6.45) is 0. The number of ether oxygens (including phenoxy) is 1. The minimum absolute atomic E-state index is 0.165. The fraction of sp³-hybridized carbons (Fsp3) is 0.400. The van der Waals surface area contributed by atoms with Crippen molar-refractivity contribution in [1.29, 1.82) is 0 Å². The molecule has 0 fully saturated rings. The van der Waals surface area contributed by atoms with Crippen LogP contribution in [0.3, 0.4) is 0 Å². The Hall–Kier alpha value is -2.18. The van der Waals surface area contributed by atoms with Crippen LogP contribution in [-0.4, -0.2) is 30.6 Å². The zero-order valence-corrected chi connectivity index (χ0v) is 16.8. The topological polar surface area (TPSA) is 67.4 Å². The quantitative estimate of drug-likeness (QED) is 0.743. The van der Waals surface area contributed by atoms with E-state index in [1.54, 1.807) is 6.92 Å². The molecule has 6 heteroatoms. The summed E-state index contributed by atoms with van der Waals surface area (Å²) in [7, 11) is 0. The standard InChI is InChI=1S/C20H26N2O3S/c1-6-25-19(24)17-16(14-10-8-7-9-11-14)13(2)26-18(17)22-15(23)12-21-20(3,4)5/h7-11,21H,6,12H2,1-5H3,(H,22,23). The Bertz CT molecular complexity index is 776. The molecule has 0 unspecified atom stereocenters. The first-order valence-corrected chi connectivity index (χ1v) is 9.45. The van der Waals surface area contributed by atoms with Gasteiger partial charge in [-0.1, -0.05) is 30.3 Å². The average molecular weight is 375 g/mol. The molecule has 5 nitrogen and oxygen atoms in total. The van der Waals surface area contributed by atoms with E-state index in [0.29, 0.717) is 10.6 Å². The second kappa shape index (κ2) is 8.47. The molecule has 0 aliphatic heterocycles. The van der Waals surface area contributed by atoms with Gasteiger partial charge in [-0.05, 0) is 40.2 Å². The van der Waals surface area contributed by atoms with Gasteiger partial charge in [0.15, 0.2) is 0 Å². The fourth-order valence-electron chi connectivity index (χ4n) is 2.50. The zero-order valence-electron chi connectivity index (χ0n) is 15.9. The Kier molecular flexibility index (Phi) is 6.56. The van der Waals surface area contributed by atoms with Crippen LogP contribution in [0, 0.1) is 6.92 Å². The predicted molar refractivity (Wildman–Crippen MR) is 107 cm³/mol. The van der Waals surface area contributed by atoms with Crippen molar-refractivity contribution >= 4 is 28.2 Å². The van der Waals surface area contributed by atoms with Crippen LogP contribution in [0.4, 0.5) is 5.00 Å². The van der Waals surface area contributed by atoms with E-state index in [9.17, 15) is 9.59 Å². The van der Waals surface area contributed by atoms with Gasteiger partial charge in [0.05, 0.1) is 13.2 Å². The maximum atomic E-state index is 12.6. The number of carbonyl (C=O) groups is 2. The highest BCUT2D eigenvalue weighted by atomic mass is 32.1. The second-order valence-corrected chi connectivity index (χ2v) is 8.20. The Morgan fingerprint density at radius 3 is 2.38 bits per heavy atom. The lowest BCUT2D eigenvalue weighted by Crippen LogP contribution is -2.41. The van der Waals surface area contributed by atoms with E-state index >= 15 is 0 Å². The number of esters is 1. The number of aryl methyl sites for hydroxylation is 1. The van der Waals surface area contributed by atoms with E-state index in [0.717, 1.165) is 16.0 Å². The van der Waals surface area contributed by atoms with Crippen molar-refractivity contribution in [2.45, 2.75) is 40.2 Å². The van der Waals surface area contributed by atoms with Gasteiger partial charge in [-0.25, -0.2) is 4.79 Å². The van der Waals surface area contributed by atoms with E-state index in [4.69, 9.17) is 4.74 Å². The van der Waals surface area contributed by atoms with Gasteiger partial charge in [0.2, 0.25) is 5.91 Å². The highest BCUT2D eigenvalue weighted by Crippen LogP contribution is 2.40. The molecule has 0 bridgehead atoms. The van der Waals surface area contributed by atoms with Crippen LogP contribution in [0.5, 0.6) is 0 Å². The number of anilines is 1. The number of rotatable bonds is 6. The van der Waals surface area contributed by atoms with Crippen molar-refractivity contribution in [1.82, 2.24) is 5.32 Å². The lowest BCUT2D eigenvalue weighted by Gasteiger charge is -2.20. The van der Waals surface area contributed by atoms with E-state index in [1.165, 1.54) is 11.3 Å². The zero-order chi connectivity index (χ0) is 19.3. The van der Waals surface area contributed by atoms with Gasteiger partial charge in [-0.3, -0.25) is 4.79 Å². The molecule has 0 saturated carbocycles. The average Bonchev–Trinajstić information content (AvgIpc) is 2.89. The third-order valence-electron chi connectivity index (χ3n) is 3.66. The molecule has 1 amide bonds. The molecule has 0 atom stereocenters. The van der Waals surface area contributed by atoms with Crippen molar-refractivity contribution in [2.24, 2.45) is 0 Å². The third-order valence-corrected chi connectivity index (χ3v) is 4.68. The molecule has 1 aromatic carbocycles. The molecule has 2 aromatic rings. The second-order valence-electron chi connectivity index (χ2n) is 6.98. The maximum absolute atomic E-state index is 12.6. The molecule has 0 spiro atoms. The molecule has 0 saturated heterocycles. The Morgan fingerprint density at radius 1 is 1.15 bits per heavy atom. The van der Waals surface area contributed by atoms with Gasteiger partial charge in [0.25, 0.3) is 0 Å². The van der Waals surface area contributed by atoms with Gasteiger partial charge in [0.1, 0.15) is 10.6 Å². The number of carbonyl (C=O) groups excluding carboxylic acids is 2. The molecule has 140 valence electrons. The summed E-state index contributed by atoms with van der Waals surface area (Å²) >= 11 is 1.39. The largest absolute Gasteiger partial charge is 0.462 e. The molecule has 1 aromatic heterocycles. The van der Waals surface area contributed by atoms with Crippen molar-refractivity contribution < 1.29 is 14.3 Å². The summed E-state index contributed by atoms with van der Waals surface area (Å²) in [5.74, 6) is -0.610. The monoisotopic (exact) mass is 374 g/mol. The number of thiophene rings is 1. The van der Waals surface area contributed by atoms with Gasteiger partial charge in [-0.2, -0.15) is 0 Å². The number of hydrogen-bond donors (Lipinski definition) is 2. The molecular weight excluding hydrogens is 348 g/mol. The van der Waals surface area contributed by atoms with Crippen molar-refractivity contribution in [3.63, 3.8) is 0 Å². The molecular formula is C20H26N2O3S. The van der Waals surface area contributed by atoms with Crippen molar-refractivity contribution in [3.8, 4) is 11.1 Å². The number of benzene rings is 1. The fourth-order valence-corrected chi connectivity index (χ4v) is 3.58. The number of hydrogen-bond acceptors (Lipinski definition) is 5. The van der Waals surface area contributed by atoms with Crippen LogP contribution in [0.15, 0.2) is 30.3 Å². The Morgan fingerprint density at radius 2 is 1.81 bits per heavy atom. The smallest absolute Gasteiger partial charge is 0.341 e. The van der Waals surface area contributed by atoms with E-state index in [1.807, 2.05) is 58.0 Å². The van der Waals surface area contributed by atoms with Crippen molar-refractivity contribution in [2.75, 3.05) is 18.5 Å². The van der Waals surface area contributed by atoms with Gasteiger partial charge in [0, 0.05) is 16.0 Å². The van der Waals surface area contributed by atoms with Gasteiger partial charge < -0.3 is 15.4 Å². The molecule has 1 heterocycles. The van der Waals surface area contributed by atoms with Crippen LogP contribution in [-0.2, 0) is 9.53 Å². The summed E-state index contributed by atoms with van der Waals surface area (Å²) in [5, 5.41) is 6.54. The number of amides is 1. The van der Waals surface area contributed by atoms with Crippen LogP contribution in [0.2, 0.25) is 0 Å². The molecule has 26 heavy (non-hydrogen) atoms. The molecule has 0 radical (unpaired) electrons. The first-order valence-electron chi connectivity index (χ1n) is 8.63. The lowest BCUT2D eigenvalue weighted by atomic mass is 10.0. The van der Waals surface area contributed by atoms with Gasteiger partial charge in [-0.15, -0.1) is 11.3 Å². The Labute approximate surface area is 158 Å². The highest BCUT2D eigenvalue weighted by molar-refractivity contribution is 7.17. The molecule has 2 N–H and O–H groups in total. The summed E-state index contributed by atoms with van der Waals surface area (Å²) in [6, 6.07) is 9.67. The summed E-state index contributed by atoms with van der Waals surface area (Å²) in [4.78, 5) is 25.9. The van der Waals surface area contributed by atoms with Gasteiger partial charge >= 0.3 is 5.97 Å². The number of nitrogens with one attached hydrogen (secondary N) is 2. The van der Waals surface area contributed by atoms with E-state index in [2.05, 4.69) is 10.6 Å². The first-order chi connectivity index (χ1) is 12.2. The molecule has 0 aliphatic rings. The minimum Gasteiger partial charge on any atom is -0.462 e. The lowest BCUT2D eigenvalue weighted by molar-refractivity contribution is -0.115. The summed E-state index contributed by atoms with van der Waals surface area (Å²) in [5.41, 5.74) is 2.00. The van der Waals surface area contributed by atoms with Crippen molar-refractivity contribution in [3.05, 3.63) is 40.8 Å². The summed E-state index contributed by atoms with van der Waals surface area (Å²) < 4.78 is 5.24. The van der Waals surface area contributed by atoms with Crippen LogP contribution in [0.25, 0.3) is 11.1 Å². The normalized spacial score (nSPS) is 11.3. The summed E-state index contributed by atoms with van der Waals surface area (Å²) in [6.45, 7) is 10.1. The minimum atomic E-state index is -0.421. The highest BCUT2D eigenvalue weighted by Gasteiger charge is 2.25. The maximum Gasteiger partial charge on any atom is 0.341 e. The van der Waals surface area contributed by atoms with E-state index < -0.39 is 5.97 Å². The SMILES string of the molecule is CCOC(=O)c1c(NC(=O)CNC(C)(C)C)sc(C)c1-c1ccccc1. The van der Waals surface area contributed by atoms with E-state index in [-0.39, 0.29) is 24.6 Å². The van der Waals surface area contributed by atoms with Crippen LogP contribution < -0.4 is 10.6 Å². The van der Waals surface area contributed by atoms with Crippen LogP contribution >= 0.6 is 11.3 Å². The predicted octanol–water partition coefficient (Wildman–Crippen LogP) is 4.23. The molecule has 0 aliphatic carbocycles. The molecule has 2 rings (SSSR count). The Balaban J connectivity index is 2.37. The van der Waals surface area contributed by atoms with Crippen LogP contribution in [0.1, 0.15) is 42.9 Å².